The molecule has 1 aliphatic rings. The first-order chi connectivity index (χ1) is 9.50. The van der Waals surface area contributed by atoms with Gasteiger partial charge in [0.15, 0.2) is 0 Å². The van der Waals surface area contributed by atoms with Gasteiger partial charge in [0.2, 0.25) is 5.91 Å². The Bertz CT molecular complexity index is 514. The van der Waals surface area contributed by atoms with Gasteiger partial charge in [-0.2, -0.15) is 0 Å². The van der Waals surface area contributed by atoms with Crippen LogP contribution in [0.1, 0.15) is 24.3 Å². The first-order valence-corrected chi connectivity index (χ1v) is 6.77. The standard InChI is InChI=1S/C15H20N2O3/c1-16(2)14(18)8-5-9-17-10-12(15(19)20)11-6-3-4-7-13(11)17/h3-4,6-7,12H,5,8-10H2,1-2H3,(H,19,20). The second-order valence-electron chi connectivity index (χ2n) is 5.29. The number of anilines is 1. The first-order valence-electron chi connectivity index (χ1n) is 6.77. The van der Waals surface area contributed by atoms with Crippen molar-refractivity contribution in [2.45, 2.75) is 18.8 Å². The number of hydrogen-bond acceptors (Lipinski definition) is 3. The van der Waals surface area contributed by atoms with Crippen molar-refractivity contribution in [1.82, 2.24) is 4.90 Å². The number of para-hydroxylation sites is 1. The number of hydrogen-bond donors (Lipinski definition) is 1. The number of carboxylic acid groups (broad SMARTS) is 1. The van der Waals surface area contributed by atoms with Gasteiger partial charge in [0, 0.05) is 39.3 Å². The Kier molecular flexibility index (Phi) is 4.27. The van der Waals surface area contributed by atoms with Crippen LogP contribution in [-0.4, -0.2) is 49.1 Å². The number of carbonyl (C=O) groups excluding carboxylic acids is 1. The monoisotopic (exact) mass is 276 g/mol. The lowest BCUT2D eigenvalue weighted by Gasteiger charge is -2.19. The highest BCUT2D eigenvalue weighted by Crippen LogP contribution is 2.36. The van der Waals surface area contributed by atoms with E-state index in [2.05, 4.69) is 4.90 Å². The SMILES string of the molecule is CN(C)C(=O)CCCN1CC(C(=O)O)c2ccccc21. The third-order valence-corrected chi connectivity index (χ3v) is 3.67. The van der Waals surface area contributed by atoms with Crippen molar-refractivity contribution in [3.8, 4) is 0 Å². The molecule has 0 aliphatic carbocycles. The number of carbonyl (C=O) groups is 2. The fourth-order valence-electron chi connectivity index (χ4n) is 2.55. The molecule has 1 unspecified atom stereocenters. The van der Waals surface area contributed by atoms with Crippen molar-refractivity contribution in [1.29, 1.82) is 0 Å². The normalized spacial score (nSPS) is 16.9. The maximum Gasteiger partial charge on any atom is 0.312 e. The molecule has 0 fully saturated rings. The molecule has 1 amide bonds. The molecule has 1 aromatic carbocycles. The number of carboxylic acids is 1. The third-order valence-electron chi connectivity index (χ3n) is 3.67. The summed E-state index contributed by atoms with van der Waals surface area (Å²) in [5.74, 6) is -1.15. The summed E-state index contributed by atoms with van der Waals surface area (Å²) in [5.41, 5.74) is 1.86. The van der Waals surface area contributed by atoms with E-state index in [1.165, 1.54) is 0 Å². The first kappa shape index (κ1) is 14.4. The molecule has 1 atom stereocenters. The number of fused-ring (bicyclic) bond motifs is 1. The Morgan fingerprint density at radius 3 is 2.70 bits per heavy atom. The minimum Gasteiger partial charge on any atom is -0.481 e. The Morgan fingerprint density at radius 1 is 1.35 bits per heavy atom. The predicted octanol–water partition coefficient (Wildman–Crippen LogP) is 1.54. The van der Waals surface area contributed by atoms with Gasteiger partial charge >= 0.3 is 5.97 Å². The van der Waals surface area contributed by atoms with Gasteiger partial charge < -0.3 is 14.9 Å². The predicted molar refractivity (Wildman–Crippen MR) is 77.0 cm³/mol. The average Bonchev–Trinajstić information content (AvgIpc) is 2.78. The lowest BCUT2D eigenvalue weighted by Crippen LogP contribution is -2.27. The quantitative estimate of drug-likeness (QED) is 0.886. The molecule has 1 aliphatic heterocycles. The summed E-state index contributed by atoms with van der Waals surface area (Å²) in [7, 11) is 3.49. The molecule has 2 rings (SSSR count). The molecular formula is C15H20N2O3. The molecule has 0 bridgehead atoms. The van der Waals surface area contributed by atoms with Gasteiger partial charge in [0.05, 0.1) is 0 Å². The molecule has 1 N–H and O–H groups in total. The third kappa shape index (κ3) is 2.92. The Morgan fingerprint density at radius 2 is 2.05 bits per heavy atom. The van der Waals surface area contributed by atoms with E-state index in [1.54, 1.807) is 19.0 Å². The van der Waals surface area contributed by atoms with Gasteiger partial charge in [-0.05, 0) is 18.1 Å². The van der Waals surface area contributed by atoms with Crippen molar-refractivity contribution in [3.05, 3.63) is 29.8 Å². The number of benzene rings is 1. The molecule has 5 heteroatoms. The van der Waals surface area contributed by atoms with E-state index >= 15 is 0 Å². The van der Waals surface area contributed by atoms with Gasteiger partial charge in [-0.15, -0.1) is 0 Å². The minimum absolute atomic E-state index is 0.104. The Balaban J connectivity index is 2.00. The van der Waals surface area contributed by atoms with Crippen LogP contribution in [0.5, 0.6) is 0 Å². The summed E-state index contributed by atoms with van der Waals surface area (Å²) in [4.78, 5) is 26.5. The second-order valence-corrected chi connectivity index (χ2v) is 5.29. The topological polar surface area (TPSA) is 60.9 Å². The Hall–Kier alpha value is -2.04. The van der Waals surface area contributed by atoms with Crippen LogP contribution in [0.4, 0.5) is 5.69 Å². The van der Waals surface area contributed by atoms with E-state index in [-0.39, 0.29) is 5.91 Å². The van der Waals surface area contributed by atoms with Gasteiger partial charge in [-0.3, -0.25) is 9.59 Å². The lowest BCUT2D eigenvalue weighted by molar-refractivity contribution is -0.138. The second kappa shape index (κ2) is 5.94. The van der Waals surface area contributed by atoms with Crippen LogP contribution in [0.2, 0.25) is 0 Å². The number of aliphatic carboxylic acids is 1. The molecule has 1 heterocycles. The number of rotatable bonds is 5. The summed E-state index contributed by atoms with van der Waals surface area (Å²) < 4.78 is 0. The van der Waals surface area contributed by atoms with Crippen molar-refractivity contribution < 1.29 is 14.7 Å². The summed E-state index contributed by atoms with van der Waals surface area (Å²) in [6, 6.07) is 7.61. The molecule has 0 spiro atoms. The van der Waals surface area contributed by atoms with Crippen LogP contribution in [0.25, 0.3) is 0 Å². The van der Waals surface area contributed by atoms with Gasteiger partial charge in [-0.25, -0.2) is 0 Å². The van der Waals surface area contributed by atoms with Crippen molar-refractivity contribution in [2.24, 2.45) is 0 Å². The highest BCUT2D eigenvalue weighted by Gasteiger charge is 2.32. The zero-order chi connectivity index (χ0) is 14.7. The van der Waals surface area contributed by atoms with Crippen LogP contribution in [0, 0.1) is 0 Å². The largest absolute Gasteiger partial charge is 0.481 e. The molecule has 5 nitrogen and oxygen atoms in total. The van der Waals surface area contributed by atoms with Crippen molar-refractivity contribution in [3.63, 3.8) is 0 Å². The number of nitrogens with zero attached hydrogens (tertiary/aromatic N) is 2. The van der Waals surface area contributed by atoms with Gasteiger partial charge in [-0.1, -0.05) is 18.2 Å². The molecule has 0 saturated carbocycles. The highest BCUT2D eigenvalue weighted by atomic mass is 16.4. The Labute approximate surface area is 118 Å². The van der Waals surface area contributed by atoms with Crippen LogP contribution < -0.4 is 4.90 Å². The van der Waals surface area contributed by atoms with Gasteiger partial charge in [0.1, 0.15) is 5.92 Å². The summed E-state index contributed by atoms with van der Waals surface area (Å²) >= 11 is 0. The molecule has 0 aromatic heterocycles. The lowest BCUT2D eigenvalue weighted by atomic mass is 10.0. The van der Waals surface area contributed by atoms with E-state index < -0.39 is 11.9 Å². The molecule has 108 valence electrons. The van der Waals surface area contributed by atoms with Crippen molar-refractivity contribution >= 4 is 17.6 Å². The summed E-state index contributed by atoms with van der Waals surface area (Å²) in [5, 5.41) is 9.28. The molecule has 20 heavy (non-hydrogen) atoms. The number of amides is 1. The zero-order valence-corrected chi connectivity index (χ0v) is 11.9. The maximum absolute atomic E-state index is 11.5. The smallest absolute Gasteiger partial charge is 0.312 e. The molecule has 1 aromatic rings. The summed E-state index contributed by atoms with van der Waals surface area (Å²) in [6.07, 6.45) is 1.22. The highest BCUT2D eigenvalue weighted by molar-refractivity contribution is 5.83. The van der Waals surface area contributed by atoms with E-state index in [9.17, 15) is 14.7 Å². The maximum atomic E-state index is 11.5. The van der Waals surface area contributed by atoms with Crippen molar-refractivity contribution in [2.75, 3.05) is 32.1 Å². The van der Waals surface area contributed by atoms with Gasteiger partial charge in [0.25, 0.3) is 0 Å². The minimum atomic E-state index is -0.788. The van der Waals surface area contributed by atoms with Crippen LogP contribution in [0.15, 0.2) is 24.3 Å². The van der Waals surface area contributed by atoms with E-state index in [0.29, 0.717) is 19.5 Å². The average molecular weight is 276 g/mol. The van der Waals surface area contributed by atoms with E-state index in [4.69, 9.17) is 0 Å². The molecular weight excluding hydrogens is 256 g/mol. The van der Waals surface area contributed by atoms with Crippen LogP contribution in [0.3, 0.4) is 0 Å². The van der Waals surface area contributed by atoms with Crippen LogP contribution >= 0.6 is 0 Å². The molecule has 0 saturated heterocycles. The fraction of sp³-hybridized carbons (Fsp3) is 0.467. The van der Waals surface area contributed by atoms with E-state index in [1.807, 2.05) is 24.3 Å². The summed E-state index contributed by atoms with van der Waals surface area (Å²) in [6.45, 7) is 1.20. The zero-order valence-electron chi connectivity index (χ0n) is 11.9. The van der Waals surface area contributed by atoms with Crippen LogP contribution in [-0.2, 0) is 9.59 Å². The fourth-order valence-corrected chi connectivity index (χ4v) is 2.55. The van der Waals surface area contributed by atoms with E-state index in [0.717, 1.165) is 17.7 Å². The molecule has 0 radical (unpaired) electrons.